The molecule has 0 aliphatic heterocycles. The second-order valence-electron chi connectivity index (χ2n) is 7.65. The lowest BCUT2D eigenvalue weighted by Crippen LogP contribution is -2.53. The molecule has 1 rings (SSSR count). The first kappa shape index (κ1) is 27.1. The van der Waals surface area contributed by atoms with Crippen LogP contribution in [0.5, 0.6) is 0 Å². The van der Waals surface area contributed by atoms with Crippen molar-refractivity contribution in [1.82, 2.24) is 20.3 Å². The number of hydrogen-bond acceptors (Lipinski definition) is 4. The lowest BCUT2D eigenvalue weighted by Gasteiger charge is -2.27. The summed E-state index contributed by atoms with van der Waals surface area (Å²) in [6.45, 7) is 7.99. The van der Waals surface area contributed by atoms with Gasteiger partial charge in [-0.25, -0.2) is 13.1 Å². The highest BCUT2D eigenvalue weighted by Crippen LogP contribution is 2.08. The van der Waals surface area contributed by atoms with Crippen LogP contribution in [0.1, 0.15) is 32.8 Å². The van der Waals surface area contributed by atoms with Crippen molar-refractivity contribution in [3.05, 3.63) is 35.9 Å². The van der Waals surface area contributed by atoms with Crippen molar-refractivity contribution in [2.24, 2.45) is 4.99 Å². The predicted octanol–water partition coefficient (Wildman–Crippen LogP) is 2.01. The molecule has 1 unspecified atom stereocenters. The molecule has 9 heteroatoms. The number of halogens is 1. The van der Waals surface area contributed by atoms with Gasteiger partial charge in [-0.15, -0.1) is 24.0 Å². The molecule has 28 heavy (non-hydrogen) atoms. The largest absolute Gasteiger partial charge is 0.356 e. The van der Waals surface area contributed by atoms with E-state index >= 15 is 0 Å². The van der Waals surface area contributed by atoms with Gasteiger partial charge >= 0.3 is 0 Å². The number of benzene rings is 1. The van der Waals surface area contributed by atoms with Gasteiger partial charge in [-0.3, -0.25) is 9.89 Å². The maximum Gasteiger partial charge on any atom is 0.209 e. The van der Waals surface area contributed by atoms with E-state index < -0.39 is 15.6 Å². The summed E-state index contributed by atoms with van der Waals surface area (Å²) in [5, 5.41) is 6.46. The average Bonchev–Trinajstić information content (AvgIpc) is 2.56. The Morgan fingerprint density at radius 2 is 1.82 bits per heavy atom. The fourth-order valence-corrected chi connectivity index (χ4v) is 3.79. The lowest BCUT2D eigenvalue weighted by molar-refractivity contribution is 0.238. The Morgan fingerprint density at radius 1 is 1.21 bits per heavy atom. The Morgan fingerprint density at radius 3 is 2.36 bits per heavy atom. The number of sulfonamides is 1. The molecule has 162 valence electrons. The molecule has 3 N–H and O–H groups in total. The topological polar surface area (TPSA) is 85.8 Å². The highest BCUT2D eigenvalue weighted by Gasteiger charge is 2.22. The maximum atomic E-state index is 11.4. The van der Waals surface area contributed by atoms with Crippen LogP contribution in [0, 0.1) is 0 Å². The van der Waals surface area contributed by atoms with Gasteiger partial charge in [0.05, 0.1) is 6.26 Å². The number of guanidine groups is 1. The molecule has 0 saturated carbocycles. The van der Waals surface area contributed by atoms with Crippen LogP contribution >= 0.6 is 24.0 Å². The number of nitrogens with zero attached hydrogens (tertiary/aromatic N) is 2. The van der Waals surface area contributed by atoms with Gasteiger partial charge in [-0.2, -0.15) is 0 Å². The summed E-state index contributed by atoms with van der Waals surface area (Å²) in [6.07, 6.45) is 2.13. The maximum absolute atomic E-state index is 11.4. The van der Waals surface area contributed by atoms with E-state index in [4.69, 9.17) is 0 Å². The normalized spacial score (nSPS) is 13.8. The van der Waals surface area contributed by atoms with E-state index in [2.05, 4.69) is 63.5 Å². The molecule has 0 saturated heterocycles. The molecule has 0 aliphatic carbocycles. The Hall–Kier alpha value is -0.910. The second-order valence-corrected chi connectivity index (χ2v) is 9.40. The van der Waals surface area contributed by atoms with E-state index in [1.807, 2.05) is 19.9 Å². The molecule has 0 bridgehead atoms. The minimum Gasteiger partial charge on any atom is -0.356 e. The summed E-state index contributed by atoms with van der Waals surface area (Å²) < 4.78 is 25.4. The average molecular weight is 526 g/mol. The van der Waals surface area contributed by atoms with E-state index in [9.17, 15) is 8.42 Å². The van der Waals surface area contributed by atoms with E-state index in [0.717, 1.165) is 25.8 Å². The number of aliphatic imine (C=N–C) groups is 1. The van der Waals surface area contributed by atoms with Crippen LogP contribution in [-0.4, -0.2) is 64.3 Å². The van der Waals surface area contributed by atoms with E-state index in [1.54, 1.807) is 7.05 Å². The zero-order valence-corrected chi connectivity index (χ0v) is 21.0. The number of hydrogen-bond donors (Lipinski definition) is 3. The number of rotatable bonds is 10. The highest BCUT2D eigenvalue weighted by molar-refractivity contribution is 14.0. The molecule has 0 spiro atoms. The van der Waals surface area contributed by atoms with Crippen molar-refractivity contribution in [2.45, 2.75) is 45.3 Å². The third-order valence-electron chi connectivity index (χ3n) is 4.26. The summed E-state index contributed by atoms with van der Waals surface area (Å²) in [7, 11) is 0.579. The molecular weight excluding hydrogens is 489 g/mol. The highest BCUT2D eigenvalue weighted by atomic mass is 127. The Labute approximate surface area is 187 Å². The van der Waals surface area contributed by atoms with Gasteiger partial charge in [0.1, 0.15) is 0 Å². The van der Waals surface area contributed by atoms with Gasteiger partial charge in [0.25, 0.3) is 0 Å². The van der Waals surface area contributed by atoms with Crippen molar-refractivity contribution in [3.8, 4) is 0 Å². The smallest absolute Gasteiger partial charge is 0.209 e. The number of nitrogens with one attached hydrogen (secondary N) is 3. The molecular formula is C19H36IN5O2S. The monoisotopic (exact) mass is 525 g/mol. The first-order valence-corrected chi connectivity index (χ1v) is 11.1. The van der Waals surface area contributed by atoms with Crippen molar-refractivity contribution < 1.29 is 8.42 Å². The fourth-order valence-electron chi connectivity index (χ4n) is 2.71. The minimum absolute atomic E-state index is 0. The summed E-state index contributed by atoms with van der Waals surface area (Å²) in [5.74, 6) is 0.663. The van der Waals surface area contributed by atoms with Gasteiger partial charge in [-0.1, -0.05) is 30.3 Å². The van der Waals surface area contributed by atoms with E-state index in [1.165, 1.54) is 5.56 Å². The molecule has 0 heterocycles. The van der Waals surface area contributed by atoms with Gasteiger partial charge in [0.15, 0.2) is 5.96 Å². The van der Waals surface area contributed by atoms with Crippen LogP contribution < -0.4 is 15.4 Å². The summed E-state index contributed by atoms with van der Waals surface area (Å²) >= 11 is 0. The van der Waals surface area contributed by atoms with Crippen LogP contribution in [0.15, 0.2) is 35.3 Å². The zero-order valence-electron chi connectivity index (χ0n) is 17.8. The summed E-state index contributed by atoms with van der Waals surface area (Å²) in [4.78, 5) is 6.53. The van der Waals surface area contributed by atoms with E-state index in [-0.39, 0.29) is 24.0 Å². The summed E-state index contributed by atoms with van der Waals surface area (Å²) in [6, 6.07) is 10.8. The van der Waals surface area contributed by atoms with Crippen molar-refractivity contribution in [2.75, 3.05) is 33.4 Å². The Balaban J connectivity index is 0.00000729. The minimum atomic E-state index is -3.26. The van der Waals surface area contributed by atoms with Gasteiger partial charge in [0, 0.05) is 38.3 Å². The molecule has 1 atom stereocenters. The van der Waals surface area contributed by atoms with E-state index in [0.29, 0.717) is 18.5 Å². The standard InChI is InChI=1S/C19H35N5O2S.HI/c1-16(24(5)14-17-10-8-7-9-11-17)12-13-21-18(20-4)22-15-19(2,3)23-27(6,25)26;/h7-11,16,23H,12-15H2,1-6H3,(H2,20,21,22);1H. The first-order chi connectivity index (χ1) is 12.5. The molecule has 0 aliphatic rings. The Bertz CT molecular complexity index is 696. The molecule has 0 fully saturated rings. The zero-order chi connectivity index (χ0) is 20.5. The van der Waals surface area contributed by atoms with Gasteiger partial charge in [-0.05, 0) is 39.8 Å². The van der Waals surface area contributed by atoms with Crippen molar-refractivity contribution in [3.63, 3.8) is 0 Å². The van der Waals surface area contributed by atoms with Crippen LogP contribution in [0.2, 0.25) is 0 Å². The van der Waals surface area contributed by atoms with Crippen LogP contribution in [0.3, 0.4) is 0 Å². The quantitative estimate of drug-likeness (QED) is 0.247. The van der Waals surface area contributed by atoms with Gasteiger partial charge in [0.2, 0.25) is 10.0 Å². The third kappa shape index (κ3) is 11.8. The van der Waals surface area contributed by atoms with Gasteiger partial charge < -0.3 is 10.6 Å². The SMILES string of the molecule is CN=C(NCCC(C)N(C)Cc1ccccc1)NCC(C)(C)NS(C)(=O)=O.I. The first-order valence-electron chi connectivity index (χ1n) is 9.20. The fraction of sp³-hybridized carbons (Fsp3) is 0.632. The molecule has 1 aromatic rings. The van der Waals surface area contributed by atoms with Crippen LogP contribution in [0.25, 0.3) is 0 Å². The third-order valence-corrected chi connectivity index (χ3v) is 5.19. The molecule has 1 aromatic carbocycles. The van der Waals surface area contributed by atoms with Crippen molar-refractivity contribution in [1.29, 1.82) is 0 Å². The Kier molecular flexibility index (Phi) is 12.2. The van der Waals surface area contributed by atoms with Crippen LogP contribution in [0.4, 0.5) is 0 Å². The molecule has 7 nitrogen and oxygen atoms in total. The van der Waals surface area contributed by atoms with Crippen LogP contribution in [-0.2, 0) is 16.6 Å². The second kappa shape index (κ2) is 12.6. The summed E-state index contributed by atoms with van der Waals surface area (Å²) in [5.41, 5.74) is 0.701. The molecule has 0 radical (unpaired) electrons. The lowest BCUT2D eigenvalue weighted by atomic mass is 10.1. The molecule has 0 amide bonds. The van der Waals surface area contributed by atoms with Crippen molar-refractivity contribution >= 4 is 40.0 Å². The molecule has 0 aromatic heterocycles. The predicted molar refractivity (Wildman–Crippen MR) is 129 cm³/mol.